The van der Waals surface area contributed by atoms with Crippen LogP contribution in [0, 0.1) is 12.8 Å². The molecule has 1 aliphatic heterocycles. The molecule has 0 aromatic heterocycles. The summed E-state index contributed by atoms with van der Waals surface area (Å²) >= 11 is 0. The largest absolute Gasteiger partial charge is 0.496 e. The molecule has 0 aliphatic carbocycles. The van der Waals surface area contributed by atoms with Crippen LogP contribution in [-0.2, 0) is 9.59 Å². The highest BCUT2D eigenvalue weighted by molar-refractivity contribution is 5.94. The molecule has 2 rings (SSSR count). The van der Waals surface area contributed by atoms with Gasteiger partial charge in [-0.1, -0.05) is 0 Å². The van der Waals surface area contributed by atoms with E-state index in [-0.39, 0.29) is 17.7 Å². The number of hydrogen-bond acceptors (Lipinski definition) is 4. The highest BCUT2D eigenvalue weighted by Crippen LogP contribution is 2.33. The third-order valence-corrected chi connectivity index (χ3v) is 4.29. The summed E-state index contributed by atoms with van der Waals surface area (Å²) in [6, 6.07) is 3.61. The molecule has 126 valence electrons. The highest BCUT2D eigenvalue weighted by Gasteiger charge is 2.26. The lowest BCUT2D eigenvalue weighted by atomic mass is 9.95. The Morgan fingerprint density at radius 2 is 1.74 bits per heavy atom. The van der Waals surface area contributed by atoms with Crippen LogP contribution in [0.4, 0.5) is 5.69 Å². The Bertz CT molecular complexity index is 593. The van der Waals surface area contributed by atoms with Gasteiger partial charge >= 0.3 is 0 Å². The van der Waals surface area contributed by atoms with Crippen molar-refractivity contribution in [3.63, 3.8) is 0 Å². The monoisotopic (exact) mass is 320 g/mol. The van der Waals surface area contributed by atoms with E-state index in [0.717, 1.165) is 5.56 Å². The van der Waals surface area contributed by atoms with Crippen molar-refractivity contribution in [2.75, 3.05) is 32.6 Å². The Kier molecular flexibility index (Phi) is 5.47. The number of hydrogen-bond donors (Lipinski definition) is 1. The van der Waals surface area contributed by atoms with Gasteiger partial charge in [0.2, 0.25) is 11.8 Å². The molecule has 2 amide bonds. The predicted octanol–water partition coefficient (Wildman–Crippen LogP) is 2.21. The van der Waals surface area contributed by atoms with Gasteiger partial charge in [-0.15, -0.1) is 0 Å². The van der Waals surface area contributed by atoms with E-state index in [1.807, 2.05) is 13.0 Å². The van der Waals surface area contributed by atoms with Crippen LogP contribution in [0.3, 0.4) is 0 Å². The number of amides is 2. The van der Waals surface area contributed by atoms with Crippen molar-refractivity contribution in [3.8, 4) is 11.5 Å². The second-order valence-electron chi connectivity index (χ2n) is 5.79. The molecule has 1 aromatic carbocycles. The summed E-state index contributed by atoms with van der Waals surface area (Å²) in [4.78, 5) is 25.6. The standard InChI is InChI=1S/C17H24N2O4/c1-11-9-16(23-4)14(10-15(11)22-3)18-17(21)13-5-7-19(8-6-13)12(2)20/h9-10,13H,5-8H2,1-4H3,(H,18,21). The van der Waals surface area contributed by atoms with Gasteiger partial charge < -0.3 is 19.7 Å². The molecule has 6 nitrogen and oxygen atoms in total. The van der Waals surface area contributed by atoms with Crippen LogP contribution < -0.4 is 14.8 Å². The van der Waals surface area contributed by atoms with Crippen LogP contribution in [0.2, 0.25) is 0 Å². The molecule has 0 radical (unpaired) electrons. The SMILES string of the molecule is COc1cc(NC(=O)C2CCN(C(C)=O)CC2)c(OC)cc1C. The van der Waals surface area contributed by atoms with Gasteiger partial charge in [-0.05, 0) is 31.4 Å². The van der Waals surface area contributed by atoms with Crippen molar-refractivity contribution in [2.24, 2.45) is 5.92 Å². The molecular formula is C17H24N2O4. The Morgan fingerprint density at radius 3 is 2.26 bits per heavy atom. The molecule has 1 fully saturated rings. The smallest absolute Gasteiger partial charge is 0.227 e. The number of methoxy groups -OCH3 is 2. The molecule has 6 heteroatoms. The van der Waals surface area contributed by atoms with Crippen LogP contribution >= 0.6 is 0 Å². The molecular weight excluding hydrogens is 296 g/mol. The number of aryl methyl sites for hydroxylation is 1. The number of likely N-dealkylation sites (tertiary alicyclic amines) is 1. The molecule has 0 atom stereocenters. The topological polar surface area (TPSA) is 67.9 Å². The molecule has 23 heavy (non-hydrogen) atoms. The number of rotatable bonds is 4. The quantitative estimate of drug-likeness (QED) is 0.923. The summed E-state index contributed by atoms with van der Waals surface area (Å²) in [5.41, 5.74) is 1.55. The minimum absolute atomic E-state index is 0.0441. The van der Waals surface area contributed by atoms with E-state index in [0.29, 0.717) is 43.1 Å². The second kappa shape index (κ2) is 7.35. The number of anilines is 1. The zero-order valence-electron chi connectivity index (χ0n) is 14.1. The molecule has 0 bridgehead atoms. The van der Waals surface area contributed by atoms with Crippen LogP contribution in [0.5, 0.6) is 11.5 Å². The lowest BCUT2D eigenvalue weighted by Crippen LogP contribution is -2.40. The van der Waals surface area contributed by atoms with E-state index in [4.69, 9.17) is 9.47 Å². The zero-order valence-corrected chi connectivity index (χ0v) is 14.1. The van der Waals surface area contributed by atoms with Gasteiger partial charge in [-0.2, -0.15) is 0 Å². The highest BCUT2D eigenvalue weighted by atomic mass is 16.5. The summed E-state index contributed by atoms with van der Waals surface area (Å²) in [7, 11) is 3.17. The first-order valence-corrected chi connectivity index (χ1v) is 7.75. The maximum Gasteiger partial charge on any atom is 0.227 e. The van der Waals surface area contributed by atoms with Crippen LogP contribution in [0.1, 0.15) is 25.3 Å². The van der Waals surface area contributed by atoms with Crippen molar-refractivity contribution >= 4 is 17.5 Å². The summed E-state index contributed by atoms with van der Waals surface area (Å²) in [5, 5.41) is 2.93. The maximum atomic E-state index is 12.5. The van der Waals surface area contributed by atoms with Crippen LogP contribution in [-0.4, -0.2) is 44.0 Å². The lowest BCUT2D eigenvalue weighted by molar-refractivity contribution is -0.132. The summed E-state index contributed by atoms with van der Waals surface area (Å²) < 4.78 is 10.6. The summed E-state index contributed by atoms with van der Waals surface area (Å²) in [6.45, 7) is 4.73. The molecule has 1 aliphatic rings. The number of nitrogens with zero attached hydrogens (tertiary/aromatic N) is 1. The maximum absolute atomic E-state index is 12.5. The predicted molar refractivity (Wildman–Crippen MR) is 87.9 cm³/mol. The number of nitrogens with one attached hydrogen (secondary N) is 1. The van der Waals surface area contributed by atoms with Crippen LogP contribution in [0.25, 0.3) is 0 Å². The fourth-order valence-electron chi connectivity index (χ4n) is 2.84. The molecule has 0 saturated carbocycles. The van der Waals surface area contributed by atoms with Gasteiger partial charge in [0.15, 0.2) is 0 Å². The Labute approximate surface area is 136 Å². The Morgan fingerprint density at radius 1 is 1.13 bits per heavy atom. The van der Waals surface area contributed by atoms with Gasteiger partial charge in [-0.3, -0.25) is 9.59 Å². The minimum atomic E-state index is -0.0948. The fourth-order valence-corrected chi connectivity index (χ4v) is 2.84. The first kappa shape index (κ1) is 17.1. The minimum Gasteiger partial charge on any atom is -0.496 e. The van der Waals surface area contributed by atoms with E-state index in [9.17, 15) is 9.59 Å². The zero-order chi connectivity index (χ0) is 17.0. The third kappa shape index (κ3) is 3.94. The molecule has 1 saturated heterocycles. The first-order chi connectivity index (χ1) is 11.0. The summed E-state index contributed by atoms with van der Waals surface area (Å²) in [5.74, 6) is 1.24. The number of benzene rings is 1. The second-order valence-corrected chi connectivity index (χ2v) is 5.79. The number of piperidine rings is 1. The normalized spacial score (nSPS) is 15.2. The molecule has 0 unspecified atom stereocenters. The Hall–Kier alpha value is -2.24. The van der Waals surface area contributed by atoms with Gasteiger partial charge in [0.05, 0.1) is 19.9 Å². The first-order valence-electron chi connectivity index (χ1n) is 7.75. The van der Waals surface area contributed by atoms with Crippen molar-refractivity contribution in [3.05, 3.63) is 17.7 Å². The van der Waals surface area contributed by atoms with E-state index in [1.165, 1.54) is 0 Å². The van der Waals surface area contributed by atoms with Crippen LogP contribution in [0.15, 0.2) is 12.1 Å². The average molecular weight is 320 g/mol. The fraction of sp³-hybridized carbons (Fsp3) is 0.529. The van der Waals surface area contributed by atoms with Crippen molar-refractivity contribution in [2.45, 2.75) is 26.7 Å². The number of ether oxygens (including phenoxy) is 2. The van der Waals surface area contributed by atoms with Gasteiger partial charge in [0, 0.05) is 32.0 Å². The average Bonchev–Trinajstić information content (AvgIpc) is 2.55. The van der Waals surface area contributed by atoms with E-state index < -0.39 is 0 Å². The molecule has 0 spiro atoms. The van der Waals surface area contributed by atoms with Gasteiger partial charge in [-0.25, -0.2) is 0 Å². The lowest BCUT2D eigenvalue weighted by Gasteiger charge is -2.30. The van der Waals surface area contributed by atoms with E-state index in [1.54, 1.807) is 32.1 Å². The molecule has 1 N–H and O–H groups in total. The van der Waals surface area contributed by atoms with Gasteiger partial charge in [0.1, 0.15) is 11.5 Å². The van der Waals surface area contributed by atoms with E-state index >= 15 is 0 Å². The number of carbonyl (C=O) groups excluding carboxylic acids is 2. The third-order valence-electron chi connectivity index (χ3n) is 4.29. The number of carbonyl (C=O) groups is 2. The van der Waals surface area contributed by atoms with E-state index in [2.05, 4.69) is 5.32 Å². The van der Waals surface area contributed by atoms with Crippen molar-refractivity contribution < 1.29 is 19.1 Å². The summed E-state index contributed by atoms with van der Waals surface area (Å²) in [6.07, 6.45) is 1.35. The van der Waals surface area contributed by atoms with Gasteiger partial charge in [0.25, 0.3) is 0 Å². The van der Waals surface area contributed by atoms with Crippen molar-refractivity contribution in [1.82, 2.24) is 4.90 Å². The Balaban J connectivity index is 2.07. The molecule has 1 aromatic rings. The molecule has 1 heterocycles. The van der Waals surface area contributed by atoms with Crippen molar-refractivity contribution in [1.29, 1.82) is 0 Å².